The van der Waals surface area contributed by atoms with Gasteiger partial charge in [-0.1, -0.05) is 37.2 Å². The second-order valence-corrected chi connectivity index (χ2v) is 7.20. The summed E-state index contributed by atoms with van der Waals surface area (Å²) in [4.78, 5) is 11.2. The highest BCUT2D eigenvalue weighted by molar-refractivity contribution is 7.98. The number of hydrogen-bond acceptors (Lipinski definition) is 5. The van der Waals surface area contributed by atoms with Crippen LogP contribution in [0.15, 0.2) is 5.16 Å². The molecule has 0 amide bonds. The van der Waals surface area contributed by atoms with Gasteiger partial charge in [0, 0.05) is 11.3 Å². The zero-order valence-electron chi connectivity index (χ0n) is 11.1. The van der Waals surface area contributed by atoms with Crippen LogP contribution in [0.25, 0.3) is 10.2 Å². The van der Waals surface area contributed by atoms with Crippen LogP contribution in [0.5, 0.6) is 0 Å². The molecule has 102 valence electrons. The molecule has 6 heteroatoms. The maximum absolute atomic E-state index is 6.35. The van der Waals surface area contributed by atoms with Crippen LogP contribution in [-0.2, 0) is 17.8 Å². The summed E-state index contributed by atoms with van der Waals surface area (Å²) < 4.78 is 5.91. The molecule has 0 aliphatic carbocycles. The maximum atomic E-state index is 6.35. The molecule has 3 heterocycles. The van der Waals surface area contributed by atoms with E-state index in [-0.39, 0.29) is 6.10 Å². The van der Waals surface area contributed by atoms with E-state index >= 15 is 0 Å². The number of thiophene rings is 1. The molecule has 0 spiro atoms. The molecule has 0 radical (unpaired) electrons. The second kappa shape index (κ2) is 5.20. The van der Waals surface area contributed by atoms with Crippen molar-refractivity contribution in [1.29, 1.82) is 0 Å². The monoisotopic (exact) mass is 314 g/mol. The second-order valence-electron chi connectivity index (χ2n) is 4.98. The van der Waals surface area contributed by atoms with Gasteiger partial charge in [-0.2, -0.15) is 0 Å². The van der Waals surface area contributed by atoms with Gasteiger partial charge in [-0.05, 0) is 17.7 Å². The lowest BCUT2D eigenvalue weighted by Crippen LogP contribution is -2.26. The summed E-state index contributed by atoms with van der Waals surface area (Å²) in [6.07, 6.45) is 3.14. The first-order valence-electron chi connectivity index (χ1n) is 6.23. The fourth-order valence-electron chi connectivity index (χ4n) is 2.34. The molecule has 2 aromatic heterocycles. The van der Waals surface area contributed by atoms with Crippen molar-refractivity contribution in [2.75, 3.05) is 6.26 Å². The van der Waals surface area contributed by atoms with E-state index in [0.717, 1.165) is 21.8 Å². The SMILES string of the molecule is CSc1nc(Cl)c2c3c(sc2n1)CO[C@@H](C(C)C)C3. The van der Waals surface area contributed by atoms with Crippen molar-refractivity contribution in [3.8, 4) is 0 Å². The molecule has 0 fully saturated rings. The summed E-state index contributed by atoms with van der Waals surface area (Å²) >= 11 is 9.55. The molecule has 3 rings (SSSR count). The summed E-state index contributed by atoms with van der Waals surface area (Å²) in [5.41, 5.74) is 1.29. The Kier molecular flexibility index (Phi) is 3.73. The third-order valence-electron chi connectivity index (χ3n) is 3.43. The van der Waals surface area contributed by atoms with Gasteiger partial charge in [0.2, 0.25) is 0 Å². The summed E-state index contributed by atoms with van der Waals surface area (Å²) in [7, 11) is 0. The number of ether oxygens (including phenoxy) is 1. The minimum Gasteiger partial charge on any atom is -0.372 e. The van der Waals surface area contributed by atoms with Gasteiger partial charge in [0.25, 0.3) is 0 Å². The van der Waals surface area contributed by atoms with Crippen LogP contribution < -0.4 is 0 Å². The number of fused-ring (bicyclic) bond motifs is 3. The van der Waals surface area contributed by atoms with Crippen LogP contribution in [0, 0.1) is 5.92 Å². The summed E-state index contributed by atoms with van der Waals surface area (Å²) in [5, 5.41) is 2.35. The maximum Gasteiger partial charge on any atom is 0.190 e. The Hall–Kier alpha value is -0.360. The normalized spacial score (nSPS) is 19.1. The van der Waals surface area contributed by atoms with E-state index in [1.807, 2.05) is 6.26 Å². The number of thioether (sulfide) groups is 1. The Morgan fingerprint density at radius 2 is 2.21 bits per heavy atom. The van der Waals surface area contributed by atoms with Crippen LogP contribution in [0.4, 0.5) is 0 Å². The molecule has 3 nitrogen and oxygen atoms in total. The highest BCUT2D eigenvalue weighted by atomic mass is 35.5. The molecule has 1 aliphatic rings. The average Bonchev–Trinajstić information content (AvgIpc) is 2.75. The quantitative estimate of drug-likeness (QED) is 0.473. The number of aromatic nitrogens is 2. The van der Waals surface area contributed by atoms with Crippen molar-refractivity contribution in [1.82, 2.24) is 9.97 Å². The Morgan fingerprint density at radius 1 is 1.42 bits per heavy atom. The van der Waals surface area contributed by atoms with Crippen LogP contribution in [0.2, 0.25) is 5.15 Å². The van der Waals surface area contributed by atoms with E-state index in [1.165, 1.54) is 22.2 Å². The molecule has 0 unspecified atom stereocenters. The van der Waals surface area contributed by atoms with Gasteiger partial charge in [-0.3, -0.25) is 0 Å². The molecule has 0 saturated carbocycles. The van der Waals surface area contributed by atoms with Crippen molar-refractivity contribution < 1.29 is 4.74 Å². The number of nitrogens with zero attached hydrogens (tertiary/aromatic N) is 2. The van der Waals surface area contributed by atoms with Gasteiger partial charge in [0.05, 0.1) is 18.1 Å². The molecule has 1 aliphatic heterocycles. The Labute approximate surface area is 125 Å². The third kappa shape index (κ3) is 2.37. The van der Waals surface area contributed by atoms with Gasteiger partial charge in [0.15, 0.2) is 5.16 Å². The fraction of sp³-hybridized carbons (Fsp3) is 0.538. The van der Waals surface area contributed by atoms with E-state index in [1.54, 1.807) is 11.3 Å². The van der Waals surface area contributed by atoms with Crippen molar-refractivity contribution in [2.45, 2.75) is 38.1 Å². The lowest BCUT2D eigenvalue weighted by molar-refractivity contribution is 0.00202. The average molecular weight is 315 g/mol. The molecule has 0 bridgehead atoms. The zero-order valence-corrected chi connectivity index (χ0v) is 13.5. The van der Waals surface area contributed by atoms with Crippen LogP contribution in [0.3, 0.4) is 0 Å². The lowest BCUT2D eigenvalue weighted by Gasteiger charge is -2.26. The van der Waals surface area contributed by atoms with E-state index in [4.69, 9.17) is 16.3 Å². The fourth-order valence-corrected chi connectivity index (χ4v) is 4.27. The molecule has 0 aromatic carbocycles. The highest BCUT2D eigenvalue weighted by Gasteiger charge is 2.27. The summed E-state index contributed by atoms with van der Waals surface area (Å²) in [5.74, 6) is 0.508. The Morgan fingerprint density at radius 3 is 2.89 bits per heavy atom. The smallest absolute Gasteiger partial charge is 0.190 e. The van der Waals surface area contributed by atoms with Gasteiger partial charge >= 0.3 is 0 Å². The van der Waals surface area contributed by atoms with Crippen LogP contribution in [0.1, 0.15) is 24.3 Å². The van der Waals surface area contributed by atoms with E-state index < -0.39 is 0 Å². The molecule has 0 N–H and O–H groups in total. The Balaban J connectivity index is 2.13. The van der Waals surface area contributed by atoms with Crippen LogP contribution in [-0.4, -0.2) is 22.3 Å². The number of hydrogen-bond donors (Lipinski definition) is 0. The van der Waals surface area contributed by atoms with Gasteiger partial charge in [0.1, 0.15) is 9.98 Å². The first-order valence-corrected chi connectivity index (χ1v) is 8.65. The summed E-state index contributed by atoms with van der Waals surface area (Å²) in [6, 6.07) is 0. The van der Waals surface area contributed by atoms with Crippen molar-refractivity contribution in [3.63, 3.8) is 0 Å². The zero-order chi connectivity index (χ0) is 13.6. The first-order chi connectivity index (χ1) is 9.10. The summed E-state index contributed by atoms with van der Waals surface area (Å²) in [6.45, 7) is 5.05. The molecule has 1 atom stereocenters. The molecular weight excluding hydrogens is 300 g/mol. The van der Waals surface area contributed by atoms with Crippen molar-refractivity contribution in [2.24, 2.45) is 5.92 Å². The first kappa shape index (κ1) is 13.6. The van der Waals surface area contributed by atoms with Gasteiger partial charge in [-0.25, -0.2) is 9.97 Å². The van der Waals surface area contributed by atoms with E-state index in [0.29, 0.717) is 17.7 Å². The largest absolute Gasteiger partial charge is 0.372 e. The lowest BCUT2D eigenvalue weighted by atomic mass is 9.96. The number of rotatable bonds is 2. The predicted octanol–water partition coefficient (Wildman–Crippen LogP) is 4.16. The third-order valence-corrected chi connectivity index (χ3v) is 5.35. The molecule has 19 heavy (non-hydrogen) atoms. The van der Waals surface area contributed by atoms with Gasteiger partial charge in [-0.15, -0.1) is 11.3 Å². The van der Waals surface area contributed by atoms with E-state index in [9.17, 15) is 0 Å². The van der Waals surface area contributed by atoms with Gasteiger partial charge < -0.3 is 4.74 Å². The van der Waals surface area contributed by atoms with Crippen molar-refractivity contribution in [3.05, 3.63) is 15.6 Å². The Bertz CT molecular complexity index is 627. The molecule has 0 saturated heterocycles. The van der Waals surface area contributed by atoms with E-state index in [2.05, 4.69) is 23.8 Å². The predicted molar refractivity (Wildman–Crippen MR) is 81.3 cm³/mol. The standard InChI is InChI=1S/C13H15ClN2OS2/c1-6(2)8-4-7-9(5-17-8)19-12-10(7)11(14)15-13(16-12)18-3/h6,8H,4-5H2,1-3H3/t8-/m1/s1. The highest BCUT2D eigenvalue weighted by Crippen LogP contribution is 2.39. The molecular formula is C13H15ClN2OS2. The van der Waals surface area contributed by atoms with Crippen LogP contribution >= 0.6 is 34.7 Å². The van der Waals surface area contributed by atoms with Crippen molar-refractivity contribution >= 4 is 44.9 Å². The number of halogens is 1. The molecule has 2 aromatic rings. The minimum absolute atomic E-state index is 0.265. The minimum atomic E-state index is 0.265. The topological polar surface area (TPSA) is 35.0 Å².